The van der Waals surface area contributed by atoms with E-state index in [2.05, 4.69) is 52.6 Å². The summed E-state index contributed by atoms with van der Waals surface area (Å²) in [7, 11) is 3.54. The van der Waals surface area contributed by atoms with Gasteiger partial charge in [-0.05, 0) is 63.4 Å². The molecule has 6 heteroatoms. The second-order valence-corrected chi connectivity index (χ2v) is 6.83. The maximum absolute atomic E-state index is 5.47. The largest absolute Gasteiger partial charge is 0.496 e. The van der Waals surface area contributed by atoms with Crippen molar-refractivity contribution in [1.82, 2.24) is 15.5 Å². The van der Waals surface area contributed by atoms with Crippen molar-refractivity contribution in [2.75, 3.05) is 40.3 Å². The minimum Gasteiger partial charge on any atom is -0.496 e. The third kappa shape index (κ3) is 7.31. The normalized spacial score (nSPS) is 16.1. The Labute approximate surface area is 176 Å². The van der Waals surface area contributed by atoms with Crippen LogP contribution in [0.25, 0.3) is 0 Å². The number of piperidine rings is 1. The van der Waals surface area contributed by atoms with Gasteiger partial charge >= 0.3 is 0 Å². The smallest absolute Gasteiger partial charge is 0.191 e. The fourth-order valence-electron chi connectivity index (χ4n) is 3.38. The Morgan fingerprint density at radius 1 is 1.27 bits per heavy atom. The van der Waals surface area contributed by atoms with Crippen LogP contribution in [0.2, 0.25) is 0 Å². The van der Waals surface area contributed by atoms with Crippen LogP contribution in [0, 0.1) is 12.8 Å². The van der Waals surface area contributed by atoms with Crippen LogP contribution in [0.1, 0.15) is 37.3 Å². The van der Waals surface area contributed by atoms with E-state index in [9.17, 15) is 0 Å². The predicted octanol–water partition coefficient (Wildman–Crippen LogP) is 3.41. The highest BCUT2D eigenvalue weighted by Crippen LogP contribution is 2.20. The lowest BCUT2D eigenvalue weighted by Gasteiger charge is -2.31. The second kappa shape index (κ2) is 12.4. The van der Waals surface area contributed by atoms with Crippen molar-refractivity contribution in [3.05, 3.63) is 29.3 Å². The maximum atomic E-state index is 5.47. The van der Waals surface area contributed by atoms with E-state index in [0.717, 1.165) is 29.7 Å². The number of benzene rings is 1. The molecule has 0 radical (unpaired) electrons. The summed E-state index contributed by atoms with van der Waals surface area (Å²) in [5.41, 5.74) is 2.35. The lowest BCUT2D eigenvalue weighted by Crippen LogP contribution is -2.39. The molecule has 0 unspecified atom stereocenters. The summed E-state index contributed by atoms with van der Waals surface area (Å²) >= 11 is 0. The van der Waals surface area contributed by atoms with Crippen molar-refractivity contribution in [2.24, 2.45) is 10.9 Å². The highest BCUT2D eigenvalue weighted by atomic mass is 127. The summed E-state index contributed by atoms with van der Waals surface area (Å²) in [4.78, 5) is 6.87. The van der Waals surface area contributed by atoms with E-state index in [1.54, 1.807) is 7.11 Å². The third-order valence-corrected chi connectivity index (χ3v) is 5.11. The molecule has 2 rings (SSSR count). The molecule has 0 aromatic heterocycles. The van der Waals surface area contributed by atoms with Gasteiger partial charge in [0.2, 0.25) is 0 Å². The molecule has 0 bridgehead atoms. The van der Waals surface area contributed by atoms with E-state index in [0.29, 0.717) is 6.54 Å². The van der Waals surface area contributed by atoms with Gasteiger partial charge in [0.1, 0.15) is 5.75 Å². The maximum Gasteiger partial charge on any atom is 0.191 e. The van der Waals surface area contributed by atoms with Crippen LogP contribution in [0.5, 0.6) is 5.75 Å². The van der Waals surface area contributed by atoms with Gasteiger partial charge in [0.05, 0.1) is 7.11 Å². The molecule has 5 nitrogen and oxygen atoms in total. The number of aliphatic imine (C=N–C) groups is 1. The Morgan fingerprint density at radius 2 is 2.00 bits per heavy atom. The highest BCUT2D eigenvalue weighted by Gasteiger charge is 2.17. The van der Waals surface area contributed by atoms with E-state index >= 15 is 0 Å². The van der Waals surface area contributed by atoms with Crippen LogP contribution in [0.3, 0.4) is 0 Å². The van der Waals surface area contributed by atoms with Gasteiger partial charge in [0.15, 0.2) is 5.96 Å². The van der Waals surface area contributed by atoms with Gasteiger partial charge in [-0.3, -0.25) is 4.99 Å². The fourth-order valence-corrected chi connectivity index (χ4v) is 3.38. The minimum atomic E-state index is 0. The molecule has 1 aliphatic rings. The number of ether oxygens (including phenoxy) is 1. The summed E-state index contributed by atoms with van der Waals surface area (Å²) in [6, 6.07) is 6.28. The average Bonchev–Trinajstić information content (AvgIpc) is 2.65. The first-order valence-corrected chi connectivity index (χ1v) is 9.46. The number of guanidine groups is 1. The molecule has 26 heavy (non-hydrogen) atoms. The standard InChI is InChI=1S/C20H34N4O.HI/c1-5-24-12-9-17(10-13-24)8-11-22-20(21-3)23-15-18-7-6-16(2)14-19(18)25-4;/h6-7,14,17H,5,8-13,15H2,1-4H3,(H2,21,22,23);1H. The lowest BCUT2D eigenvalue weighted by molar-refractivity contribution is 0.187. The minimum absolute atomic E-state index is 0. The molecule has 148 valence electrons. The summed E-state index contributed by atoms with van der Waals surface area (Å²) < 4.78 is 5.47. The fraction of sp³-hybridized carbons (Fsp3) is 0.650. The van der Waals surface area contributed by atoms with Gasteiger partial charge in [-0.25, -0.2) is 0 Å². The SMILES string of the molecule is CCN1CCC(CCNC(=NC)NCc2ccc(C)cc2OC)CC1.I. The molecule has 1 fully saturated rings. The number of methoxy groups -OCH3 is 1. The zero-order valence-electron chi connectivity index (χ0n) is 16.7. The first kappa shape index (κ1) is 23.0. The Kier molecular flexibility index (Phi) is 11.0. The lowest BCUT2D eigenvalue weighted by atomic mass is 9.93. The molecule has 1 aromatic rings. The Hall–Kier alpha value is -1.02. The van der Waals surface area contributed by atoms with Crippen molar-refractivity contribution in [2.45, 2.75) is 39.7 Å². The van der Waals surface area contributed by atoms with Gasteiger partial charge in [-0.1, -0.05) is 19.1 Å². The van der Waals surface area contributed by atoms with Crippen molar-refractivity contribution < 1.29 is 4.74 Å². The van der Waals surface area contributed by atoms with Crippen LogP contribution in [-0.4, -0.2) is 51.2 Å². The molecule has 0 amide bonds. The molecule has 0 atom stereocenters. The first-order valence-electron chi connectivity index (χ1n) is 9.46. The van der Waals surface area contributed by atoms with Crippen LogP contribution < -0.4 is 15.4 Å². The number of hydrogen-bond acceptors (Lipinski definition) is 3. The van der Waals surface area contributed by atoms with E-state index in [1.807, 2.05) is 7.05 Å². The Morgan fingerprint density at radius 3 is 2.62 bits per heavy atom. The van der Waals surface area contributed by atoms with E-state index < -0.39 is 0 Å². The van der Waals surface area contributed by atoms with Gasteiger partial charge in [-0.2, -0.15) is 0 Å². The predicted molar refractivity (Wildman–Crippen MR) is 121 cm³/mol. The van der Waals surface area contributed by atoms with Crippen molar-refractivity contribution in [3.63, 3.8) is 0 Å². The molecular formula is C20H35IN4O. The number of nitrogens with one attached hydrogen (secondary N) is 2. The van der Waals surface area contributed by atoms with E-state index in [4.69, 9.17) is 4.74 Å². The van der Waals surface area contributed by atoms with Crippen LogP contribution in [0.15, 0.2) is 23.2 Å². The second-order valence-electron chi connectivity index (χ2n) is 6.83. The van der Waals surface area contributed by atoms with Crippen molar-refractivity contribution in [3.8, 4) is 5.75 Å². The molecule has 1 aliphatic heterocycles. The summed E-state index contributed by atoms with van der Waals surface area (Å²) in [6.45, 7) is 9.69. The van der Waals surface area contributed by atoms with Crippen LogP contribution >= 0.6 is 24.0 Å². The highest BCUT2D eigenvalue weighted by molar-refractivity contribution is 14.0. The van der Waals surface area contributed by atoms with Crippen molar-refractivity contribution >= 4 is 29.9 Å². The number of halogens is 1. The molecule has 1 heterocycles. The molecule has 0 aliphatic carbocycles. The summed E-state index contributed by atoms with van der Waals surface area (Å²) in [5.74, 6) is 2.62. The van der Waals surface area contributed by atoms with Gasteiger partial charge < -0.3 is 20.3 Å². The number of nitrogens with zero attached hydrogens (tertiary/aromatic N) is 2. The van der Waals surface area contributed by atoms with Crippen molar-refractivity contribution in [1.29, 1.82) is 0 Å². The number of aryl methyl sites for hydroxylation is 1. The molecule has 1 saturated heterocycles. The first-order chi connectivity index (χ1) is 12.2. The molecule has 2 N–H and O–H groups in total. The molecule has 0 spiro atoms. The quantitative estimate of drug-likeness (QED) is 0.362. The number of likely N-dealkylation sites (tertiary alicyclic amines) is 1. The zero-order chi connectivity index (χ0) is 18.1. The van der Waals surface area contributed by atoms with Crippen LogP contribution in [0.4, 0.5) is 0 Å². The molecule has 1 aromatic carbocycles. The van der Waals surface area contributed by atoms with Gasteiger partial charge in [0, 0.05) is 25.7 Å². The Bertz CT molecular complexity index is 557. The van der Waals surface area contributed by atoms with E-state index in [1.165, 1.54) is 44.5 Å². The summed E-state index contributed by atoms with van der Waals surface area (Å²) in [5, 5.41) is 6.83. The van der Waals surface area contributed by atoms with Gasteiger partial charge in [0.25, 0.3) is 0 Å². The number of hydrogen-bond donors (Lipinski definition) is 2. The van der Waals surface area contributed by atoms with Gasteiger partial charge in [-0.15, -0.1) is 24.0 Å². The molecular weight excluding hydrogens is 439 g/mol. The Balaban J connectivity index is 0.00000338. The zero-order valence-corrected chi connectivity index (χ0v) is 19.0. The van der Waals surface area contributed by atoms with Crippen LogP contribution in [-0.2, 0) is 6.54 Å². The monoisotopic (exact) mass is 474 g/mol. The summed E-state index contributed by atoms with van der Waals surface area (Å²) in [6.07, 6.45) is 3.86. The average molecular weight is 474 g/mol. The van der Waals surface area contributed by atoms with E-state index in [-0.39, 0.29) is 24.0 Å². The molecule has 0 saturated carbocycles. The third-order valence-electron chi connectivity index (χ3n) is 5.11. The number of rotatable bonds is 7. The topological polar surface area (TPSA) is 48.9 Å².